The molecule has 6 nitrogen and oxygen atoms in total. The fourth-order valence-electron chi connectivity index (χ4n) is 3.05. The third-order valence-corrected chi connectivity index (χ3v) is 4.91. The molecule has 3 aromatic carbocycles. The molecule has 0 amide bonds. The van der Waals surface area contributed by atoms with E-state index in [1.165, 1.54) is 10.6 Å². The summed E-state index contributed by atoms with van der Waals surface area (Å²) in [6.45, 7) is 0. The molecule has 1 heterocycles. The average molecular weight is 412 g/mol. The second-order valence-electron chi connectivity index (χ2n) is 5.94. The van der Waals surface area contributed by atoms with Gasteiger partial charge in [0.2, 0.25) is 0 Å². The van der Waals surface area contributed by atoms with Crippen LogP contribution in [-0.2, 0) is 0 Å². The maximum absolute atomic E-state index is 13.4. The molecule has 0 saturated heterocycles. The van der Waals surface area contributed by atoms with E-state index in [9.17, 15) is 14.9 Å². The third-order valence-electron chi connectivity index (χ3n) is 4.28. The van der Waals surface area contributed by atoms with Gasteiger partial charge in [0.25, 0.3) is 11.6 Å². The molecule has 0 saturated carbocycles. The normalized spacial score (nSPS) is 10.9. The number of hydrogen-bond donors (Lipinski definition) is 0. The SMILES string of the molecule is O=C(c1c(Cl)cccc1Cl)n1c(-c2ccccc2[N+](=O)[O-])nc2ccccc21. The van der Waals surface area contributed by atoms with E-state index in [1.54, 1.807) is 60.7 Å². The number of aromatic nitrogens is 2. The van der Waals surface area contributed by atoms with Crippen LogP contribution in [0.1, 0.15) is 10.4 Å². The van der Waals surface area contributed by atoms with E-state index in [4.69, 9.17) is 23.2 Å². The Hall–Kier alpha value is -3.22. The van der Waals surface area contributed by atoms with E-state index in [0.717, 1.165) is 0 Å². The molecule has 0 aliphatic rings. The van der Waals surface area contributed by atoms with Crippen LogP contribution in [0.2, 0.25) is 10.0 Å². The lowest BCUT2D eigenvalue weighted by Crippen LogP contribution is -2.15. The fraction of sp³-hybridized carbons (Fsp3) is 0. The number of halogens is 2. The number of hydrogen-bond acceptors (Lipinski definition) is 4. The number of carbonyl (C=O) groups excluding carboxylic acids is 1. The van der Waals surface area contributed by atoms with E-state index in [2.05, 4.69) is 4.98 Å². The van der Waals surface area contributed by atoms with Crippen LogP contribution >= 0.6 is 23.2 Å². The van der Waals surface area contributed by atoms with Gasteiger partial charge in [-0.25, -0.2) is 4.98 Å². The number of fused-ring (bicyclic) bond motifs is 1. The molecular formula is C20H11Cl2N3O3. The van der Waals surface area contributed by atoms with E-state index in [1.807, 2.05) is 0 Å². The monoisotopic (exact) mass is 411 g/mol. The molecule has 138 valence electrons. The van der Waals surface area contributed by atoms with Crippen molar-refractivity contribution < 1.29 is 9.72 Å². The smallest absolute Gasteiger partial charge is 0.268 e. The molecular weight excluding hydrogens is 401 g/mol. The van der Waals surface area contributed by atoms with Crippen molar-refractivity contribution in [3.8, 4) is 11.4 Å². The number of benzene rings is 3. The summed E-state index contributed by atoms with van der Waals surface area (Å²) in [6.07, 6.45) is 0. The predicted molar refractivity (Wildman–Crippen MR) is 108 cm³/mol. The molecule has 8 heteroatoms. The van der Waals surface area contributed by atoms with Crippen LogP contribution in [0.15, 0.2) is 66.7 Å². The molecule has 0 fully saturated rings. The lowest BCUT2D eigenvalue weighted by molar-refractivity contribution is -0.384. The van der Waals surface area contributed by atoms with Crippen molar-refractivity contribution in [2.75, 3.05) is 0 Å². The first kappa shape index (κ1) is 18.2. The van der Waals surface area contributed by atoms with E-state index >= 15 is 0 Å². The third kappa shape index (κ3) is 2.93. The summed E-state index contributed by atoms with van der Waals surface area (Å²) >= 11 is 12.5. The molecule has 28 heavy (non-hydrogen) atoms. The van der Waals surface area contributed by atoms with Crippen molar-refractivity contribution in [3.63, 3.8) is 0 Å². The Morgan fingerprint density at radius 3 is 2.29 bits per heavy atom. The molecule has 4 aromatic rings. The minimum Gasteiger partial charge on any atom is -0.268 e. The predicted octanol–water partition coefficient (Wildman–Crippen LogP) is 5.61. The van der Waals surface area contributed by atoms with E-state index in [-0.39, 0.29) is 32.7 Å². The van der Waals surface area contributed by atoms with Crippen LogP contribution < -0.4 is 0 Å². The van der Waals surface area contributed by atoms with Gasteiger partial charge < -0.3 is 0 Å². The lowest BCUT2D eigenvalue weighted by Gasteiger charge is -2.11. The van der Waals surface area contributed by atoms with Crippen molar-refractivity contribution in [2.24, 2.45) is 0 Å². The van der Waals surface area contributed by atoms with Crippen molar-refractivity contribution in [2.45, 2.75) is 0 Å². The zero-order valence-corrected chi connectivity index (χ0v) is 15.7. The summed E-state index contributed by atoms with van der Waals surface area (Å²) in [7, 11) is 0. The molecule has 0 spiro atoms. The first-order valence-corrected chi connectivity index (χ1v) is 8.94. The molecule has 0 bridgehead atoms. The number of imidazole rings is 1. The van der Waals surface area contributed by atoms with Crippen molar-refractivity contribution >= 4 is 45.8 Å². The van der Waals surface area contributed by atoms with Gasteiger partial charge in [-0.3, -0.25) is 19.5 Å². The topological polar surface area (TPSA) is 78.0 Å². The standard InChI is InChI=1S/C20H11Cl2N3O3/c21-13-7-5-8-14(22)18(13)20(26)24-17-11-4-2-9-15(17)23-19(24)12-6-1-3-10-16(12)25(27)28/h1-11H. The Bertz CT molecular complexity index is 1230. The molecule has 0 aliphatic carbocycles. The molecule has 0 unspecified atom stereocenters. The molecule has 0 N–H and O–H groups in total. The summed E-state index contributed by atoms with van der Waals surface area (Å²) in [5.74, 6) is -0.369. The van der Waals surface area contributed by atoms with Gasteiger partial charge in [0.1, 0.15) is 0 Å². The first-order chi connectivity index (χ1) is 13.5. The Morgan fingerprint density at radius 2 is 1.57 bits per heavy atom. The van der Waals surface area contributed by atoms with Crippen LogP contribution in [0.25, 0.3) is 22.4 Å². The Labute approximate surface area is 169 Å². The molecule has 0 radical (unpaired) electrons. The van der Waals surface area contributed by atoms with Gasteiger partial charge in [-0.2, -0.15) is 0 Å². The van der Waals surface area contributed by atoms with E-state index < -0.39 is 10.8 Å². The van der Waals surface area contributed by atoms with Gasteiger partial charge in [-0.15, -0.1) is 0 Å². The minimum atomic E-state index is -0.516. The van der Waals surface area contributed by atoms with Crippen molar-refractivity contribution in [3.05, 3.63) is 92.5 Å². The number of carbonyl (C=O) groups is 1. The lowest BCUT2D eigenvalue weighted by atomic mass is 10.1. The highest BCUT2D eigenvalue weighted by Gasteiger charge is 2.26. The molecule has 1 aromatic heterocycles. The largest absolute Gasteiger partial charge is 0.280 e. The van der Waals surface area contributed by atoms with E-state index in [0.29, 0.717) is 11.0 Å². The second kappa shape index (κ2) is 7.07. The average Bonchev–Trinajstić information content (AvgIpc) is 3.07. The zero-order chi connectivity index (χ0) is 19.8. The van der Waals surface area contributed by atoms with Gasteiger partial charge in [-0.1, -0.05) is 53.5 Å². The maximum Gasteiger partial charge on any atom is 0.280 e. The molecule has 4 rings (SSSR count). The van der Waals surface area contributed by atoms with Gasteiger partial charge in [-0.05, 0) is 30.3 Å². The van der Waals surface area contributed by atoms with Crippen LogP contribution in [0.3, 0.4) is 0 Å². The van der Waals surface area contributed by atoms with Gasteiger partial charge in [0.15, 0.2) is 5.82 Å². The highest BCUT2D eigenvalue weighted by molar-refractivity contribution is 6.40. The van der Waals surface area contributed by atoms with Crippen molar-refractivity contribution in [1.29, 1.82) is 0 Å². The molecule has 0 atom stereocenters. The summed E-state index contributed by atoms with van der Waals surface area (Å²) in [6, 6.07) is 17.9. The highest BCUT2D eigenvalue weighted by Crippen LogP contribution is 2.34. The summed E-state index contributed by atoms with van der Waals surface area (Å²) in [4.78, 5) is 28.9. The second-order valence-corrected chi connectivity index (χ2v) is 6.75. The number of nitrogens with zero attached hydrogens (tertiary/aromatic N) is 3. The maximum atomic E-state index is 13.4. The number of nitro benzene ring substituents is 1. The highest BCUT2D eigenvalue weighted by atomic mass is 35.5. The summed E-state index contributed by atoms with van der Waals surface area (Å²) in [5.41, 5.74) is 1.19. The van der Waals surface area contributed by atoms with Crippen LogP contribution in [0, 0.1) is 10.1 Å². The van der Waals surface area contributed by atoms with Crippen LogP contribution in [0.4, 0.5) is 5.69 Å². The Morgan fingerprint density at radius 1 is 0.929 bits per heavy atom. The Balaban J connectivity index is 2.06. The quantitative estimate of drug-likeness (QED) is 0.324. The Kier molecular flexibility index (Phi) is 4.58. The van der Waals surface area contributed by atoms with Crippen LogP contribution in [0.5, 0.6) is 0 Å². The number of para-hydroxylation sites is 3. The van der Waals surface area contributed by atoms with Gasteiger partial charge in [0.05, 0.1) is 37.1 Å². The van der Waals surface area contributed by atoms with Gasteiger partial charge >= 0.3 is 0 Å². The summed E-state index contributed by atoms with van der Waals surface area (Å²) < 4.78 is 1.31. The van der Waals surface area contributed by atoms with Crippen molar-refractivity contribution in [1.82, 2.24) is 9.55 Å². The number of rotatable bonds is 3. The number of nitro groups is 1. The van der Waals surface area contributed by atoms with Crippen LogP contribution in [-0.4, -0.2) is 20.4 Å². The molecule has 0 aliphatic heterocycles. The summed E-state index contributed by atoms with van der Waals surface area (Å²) in [5, 5.41) is 11.9. The zero-order valence-electron chi connectivity index (χ0n) is 14.2. The fourth-order valence-corrected chi connectivity index (χ4v) is 3.61. The first-order valence-electron chi connectivity index (χ1n) is 8.19. The van der Waals surface area contributed by atoms with Gasteiger partial charge in [0, 0.05) is 6.07 Å². The minimum absolute atomic E-state index is 0.105.